The van der Waals surface area contributed by atoms with E-state index in [4.69, 9.17) is 0 Å². The Kier molecular flexibility index (Phi) is 3.23. The van der Waals surface area contributed by atoms with E-state index in [1.807, 2.05) is 41.1 Å². The van der Waals surface area contributed by atoms with E-state index in [0.717, 1.165) is 25.3 Å². The Bertz CT molecular complexity index is 761. The van der Waals surface area contributed by atoms with Crippen molar-refractivity contribution in [3.05, 3.63) is 65.7 Å². The summed E-state index contributed by atoms with van der Waals surface area (Å²) in [6, 6.07) is 10.9. The second kappa shape index (κ2) is 5.38. The van der Waals surface area contributed by atoms with E-state index >= 15 is 0 Å². The van der Waals surface area contributed by atoms with Crippen LogP contribution in [0.25, 0.3) is 0 Å². The van der Waals surface area contributed by atoms with Gasteiger partial charge in [-0.1, -0.05) is 29.5 Å². The van der Waals surface area contributed by atoms with E-state index in [2.05, 4.69) is 44.6 Å². The highest BCUT2D eigenvalue weighted by Crippen LogP contribution is 2.29. The van der Waals surface area contributed by atoms with Crippen LogP contribution in [0.15, 0.2) is 48.9 Å². The molecule has 1 unspecified atom stereocenters. The molecule has 1 aliphatic rings. The summed E-state index contributed by atoms with van der Waals surface area (Å²) in [7, 11) is 1.94. The molecule has 2 aromatic heterocycles. The Morgan fingerprint density at radius 2 is 2.14 bits per heavy atom. The third-order valence-corrected chi connectivity index (χ3v) is 4.28. The molecule has 1 aromatic carbocycles. The van der Waals surface area contributed by atoms with Gasteiger partial charge in [-0.15, -0.1) is 5.10 Å². The highest BCUT2D eigenvalue weighted by Gasteiger charge is 2.27. The highest BCUT2D eigenvalue weighted by molar-refractivity contribution is 5.33. The van der Waals surface area contributed by atoms with Crippen molar-refractivity contribution in [2.45, 2.75) is 19.1 Å². The van der Waals surface area contributed by atoms with Gasteiger partial charge in [0.15, 0.2) is 0 Å². The Morgan fingerprint density at radius 3 is 2.91 bits per heavy atom. The van der Waals surface area contributed by atoms with E-state index in [-0.39, 0.29) is 6.04 Å². The summed E-state index contributed by atoms with van der Waals surface area (Å²) in [6.07, 6.45) is 5.71. The number of fused-ring (bicyclic) bond motifs is 1. The van der Waals surface area contributed by atoms with Gasteiger partial charge < -0.3 is 0 Å². The van der Waals surface area contributed by atoms with Gasteiger partial charge in [-0.25, -0.2) is 0 Å². The third kappa shape index (κ3) is 2.31. The van der Waals surface area contributed by atoms with Crippen molar-refractivity contribution in [2.24, 2.45) is 7.05 Å². The molecule has 0 aliphatic carbocycles. The molecule has 6 heteroatoms. The highest BCUT2D eigenvalue weighted by atomic mass is 15.4. The fraction of sp³-hybridized carbons (Fsp3) is 0.312. The quantitative estimate of drug-likeness (QED) is 0.736. The van der Waals surface area contributed by atoms with E-state index in [9.17, 15) is 0 Å². The van der Waals surface area contributed by atoms with Crippen LogP contribution in [-0.4, -0.2) is 36.2 Å². The molecule has 0 bridgehead atoms. The first-order valence-corrected chi connectivity index (χ1v) is 7.44. The second-order valence-electron chi connectivity index (χ2n) is 5.72. The molecule has 1 aliphatic heterocycles. The van der Waals surface area contributed by atoms with Gasteiger partial charge in [-0.05, 0) is 17.2 Å². The van der Waals surface area contributed by atoms with Crippen LogP contribution in [-0.2, 0) is 20.1 Å². The maximum atomic E-state index is 4.45. The van der Waals surface area contributed by atoms with Crippen molar-refractivity contribution in [1.29, 1.82) is 0 Å². The molecule has 1 atom stereocenters. The van der Waals surface area contributed by atoms with Crippen LogP contribution in [0, 0.1) is 0 Å². The van der Waals surface area contributed by atoms with Gasteiger partial charge in [0.25, 0.3) is 0 Å². The van der Waals surface area contributed by atoms with Gasteiger partial charge in [-0.2, -0.15) is 5.10 Å². The molecule has 3 heterocycles. The summed E-state index contributed by atoms with van der Waals surface area (Å²) in [5.41, 5.74) is 3.86. The molecular formula is C16H18N6. The van der Waals surface area contributed by atoms with Crippen LogP contribution in [0.4, 0.5) is 0 Å². The topological polar surface area (TPSA) is 51.8 Å². The largest absolute Gasteiger partial charge is 0.291 e. The summed E-state index contributed by atoms with van der Waals surface area (Å²) in [5.74, 6) is 0. The first kappa shape index (κ1) is 13.2. The van der Waals surface area contributed by atoms with Crippen LogP contribution in [0.1, 0.15) is 22.9 Å². The smallest absolute Gasteiger partial charge is 0.0898 e. The normalized spacial score (nSPS) is 18.3. The summed E-state index contributed by atoms with van der Waals surface area (Å²) in [6.45, 7) is 2.72. The molecule has 0 fully saturated rings. The lowest BCUT2D eigenvalue weighted by Crippen LogP contribution is -2.36. The maximum Gasteiger partial charge on any atom is 0.0898 e. The minimum absolute atomic E-state index is 0.251. The summed E-state index contributed by atoms with van der Waals surface area (Å²) >= 11 is 0. The molecule has 0 saturated carbocycles. The predicted octanol–water partition coefficient (Wildman–Crippen LogP) is 1.62. The standard InChI is InChI=1S/C16H18N6/c1-20-14(9-17-19-20)11-21-10-13-5-2-3-6-15(13)16(12-21)22-8-4-7-18-22/h2-9,16H,10-12H2,1H3. The lowest BCUT2D eigenvalue weighted by atomic mass is 9.95. The summed E-state index contributed by atoms with van der Waals surface area (Å²) in [5, 5.41) is 12.4. The number of benzene rings is 1. The lowest BCUT2D eigenvalue weighted by Gasteiger charge is -2.34. The lowest BCUT2D eigenvalue weighted by molar-refractivity contribution is 0.199. The van der Waals surface area contributed by atoms with Crippen molar-refractivity contribution in [3.8, 4) is 0 Å². The molecule has 0 N–H and O–H groups in total. The van der Waals surface area contributed by atoms with Gasteiger partial charge >= 0.3 is 0 Å². The zero-order valence-electron chi connectivity index (χ0n) is 12.5. The SMILES string of the molecule is Cn1nncc1CN1Cc2ccccc2C(n2cccn2)C1. The van der Waals surface area contributed by atoms with E-state index in [1.165, 1.54) is 11.1 Å². The number of rotatable bonds is 3. The number of hydrogen-bond acceptors (Lipinski definition) is 4. The second-order valence-corrected chi connectivity index (χ2v) is 5.72. The van der Waals surface area contributed by atoms with Crippen molar-refractivity contribution in [3.63, 3.8) is 0 Å². The zero-order chi connectivity index (χ0) is 14.9. The Hall–Kier alpha value is -2.47. The van der Waals surface area contributed by atoms with E-state index in [0.29, 0.717) is 0 Å². The third-order valence-electron chi connectivity index (χ3n) is 4.28. The average Bonchev–Trinajstić information content (AvgIpc) is 3.19. The van der Waals surface area contributed by atoms with Gasteiger partial charge in [0, 0.05) is 39.1 Å². The fourth-order valence-corrected chi connectivity index (χ4v) is 3.15. The predicted molar refractivity (Wildman–Crippen MR) is 81.9 cm³/mol. The average molecular weight is 294 g/mol. The first-order chi connectivity index (χ1) is 10.8. The molecule has 3 aromatic rings. The minimum atomic E-state index is 0.251. The Morgan fingerprint density at radius 1 is 1.23 bits per heavy atom. The minimum Gasteiger partial charge on any atom is -0.291 e. The van der Waals surface area contributed by atoms with Crippen molar-refractivity contribution in [2.75, 3.05) is 6.54 Å². The molecule has 0 saturated heterocycles. The molecule has 0 amide bonds. The number of aromatic nitrogens is 5. The van der Waals surface area contributed by atoms with Gasteiger partial charge in [0.05, 0.1) is 17.9 Å². The molecule has 0 spiro atoms. The fourth-order valence-electron chi connectivity index (χ4n) is 3.15. The van der Waals surface area contributed by atoms with Gasteiger partial charge in [-0.3, -0.25) is 14.3 Å². The van der Waals surface area contributed by atoms with Crippen molar-refractivity contribution in [1.82, 2.24) is 29.7 Å². The summed E-state index contributed by atoms with van der Waals surface area (Å²) in [4.78, 5) is 2.42. The Balaban J connectivity index is 1.66. The monoisotopic (exact) mass is 294 g/mol. The molecule has 6 nitrogen and oxygen atoms in total. The molecule has 0 radical (unpaired) electrons. The first-order valence-electron chi connectivity index (χ1n) is 7.44. The van der Waals surface area contributed by atoms with Crippen LogP contribution in [0.3, 0.4) is 0 Å². The number of hydrogen-bond donors (Lipinski definition) is 0. The van der Waals surface area contributed by atoms with Crippen LogP contribution in [0.2, 0.25) is 0 Å². The van der Waals surface area contributed by atoms with Crippen molar-refractivity contribution >= 4 is 0 Å². The number of aryl methyl sites for hydroxylation is 1. The molecule has 112 valence electrons. The van der Waals surface area contributed by atoms with Gasteiger partial charge in [0.1, 0.15) is 0 Å². The van der Waals surface area contributed by atoms with Crippen molar-refractivity contribution < 1.29 is 0 Å². The zero-order valence-corrected chi connectivity index (χ0v) is 12.5. The van der Waals surface area contributed by atoms with Crippen LogP contribution < -0.4 is 0 Å². The molecule has 22 heavy (non-hydrogen) atoms. The van der Waals surface area contributed by atoms with Gasteiger partial charge in [0.2, 0.25) is 0 Å². The number of nitrogens with zero attached hydrogens (tertiary/aromatic N) is 6. The Labute approximate surface area is 129 Å². The molecule has 4 rings (SSSR count). The summed E-state index contributed by atoms with van der Waals surface area (Å²) < 4.78 is 3.88. The maximum absolute atomic E-state index is 4.45. The van der Waals surface area contributed by atoms with Crippen LogP contribution >= 0.6 is 0 Å². The van der Waals surface area contributed by atoms with E-state index in [1.54, 1.807) is 0 Å². The van der Waals surface area contributed by atoms with E-state index < -0.39 is 0 Å². The van der Waals surface area contributed by atoms with Crippen LogP contribution in [0.5, 0.6) is 0 Å². The molecular weight excluding hydrogens is 276 g/mol.